The van der Waals surface area contributed by atoms with Crippen molar-refractivity contribution < 1.29 is 14.3 Å². The summed E-state index contributed by atoms with van der Waals surface area (Å²) in [6.07, 6.45) is 8.45. The minimum atomic E-state index is -0.491. The first kappa shape index (κ1) is 21.1. The molecule has 8 nitrogen and oxygen atoms in total. The summed E-state index contributed by atoms with van der Waals surface area (Å²) in [5.41, 5.74) is 1.50. The normalized spacial score (nSPS) is 19.3. The summed E-state index contributed by atoms with van der Waals surface area (Å²) in [4.78, 5) is 31.7. The highest BCUT2D eigenvalue weighted by atomic mass is 16.6. The van der Waals surface area contributed by atoms with Gasteiger partial charge in [0.25, 0.3) is 0 Å². The number of aromatic nitrogens is 3. The molecule has 1 unspecified atom stereocenters. The lowest BCUT2D eigenvalue weighted by Gasteiger charge is -2.20. The van der Waals surface area contributed by atoms with Crippen LogP contribution in [-0.4, -0.2) is 46.1 Å². The number of aldehydes is 1. The lowest BCUT2D eigenvalue weighted by molar-refractivity contribution is -0.107. The van der Waals surface area contributed by atoms with Crippen molar-refractivity contribution >= 4 is 29.2 Å². The monoisotopic (exact) mass is 401 g/mol. The van der Waals surface area contributed by atoms with Crippen LogP contribution < -0.4 is 10.6 Å². The number of nitrogens with one attached hydrogen (secondary N) is 2. The molecular formula is C21H31N5O3. The molecule has 1 aliphatic carbocycles. The molecule has 1 saturated carbocycles. The molecule has 2 heterocycles. The molecule has 158 valence electrons. The second-order valence-electron chi connectivity index (χ2n) is 8.65. The molecule has 0 spiro atoms. The molecule has 1 fully saturated rings. The van der Waals surface area contributed by atoms with Gasteiger partial charge in [-0.3, -0.25) is 0 Å². The summed E-state index contributed by atoms with van der Waals surface area (Å²) in [7, 11) is 1.84. The van der Waals surface area contributed by atoms with E-state index in [0.717, 1.165) is 48.0 Å². The molecule has 1 amide bonds. The fraction of sp³-hybridized carbons (Fsp3) is 0.619. The third kappa shape index (κ3) is 5.05. The summed E-state index contributed by atoms with van der Waals surface area (Å²) in [6.45, 7) is 6.19. The summed E-state index contributed by atoms with van der Waals surface area (Å²) in [5.74, 6) is 1.18. The summed E-state index contributed by atoms with van der Waals surface area (Å²) in [6, 6.07) is 0.313. The maximum Gasteiger partial charge on any atom is 0.407 e. The Morgan fingerprint density at radius 3 is 2.83 bits per heavy atom. The number of hydrogen-bond donors (Lipinski definition) is 2. The van der Waals surface area contributed by atoms with Gasteiger partial charge in [0.05, 0.1) is 5.39 Å². The van der Waals surface area contributed by atoms with Crippen molar-refractivity contribution in [3.8, 4) is 0 Å². The fourth-order valence-electron chi connectivity index (χ4n) is 4.06. The van der Waals surface area contributed by atoms with Crippen molar-refractivity contribution in [2.24, 2.45) is 5.92 Å². The number of amides is 1. The molecule has 0 radical (unpaired) electrons. The van der Waals surface area contributed by atoms with Gasteiger partial charge in [0.1, 0.15) is 29.7 Å². The van der Waals surface area contributed by atoms with Crippen LogP contribution in [-0.2, 0) is 16.0 Å². The van der Waals surface area contributed by atoms with Gasteiger partial charge in [-0.25, -0.2) is 14.8 Å². The topological polar surface area (TPSA) is 98.1 Å². The second kappa shape index (κ2) is 8.80. The molecule has 0 aromatic carbocycles. The highest BCUT2D eigenvalue weighted by Crippen LogP contribution is 2.38. The average molecular weight is 402 g/mol. The summed E-state index contributed by atoms with van der Waals surface area (Å²) < 4.78 is 7.55. The lowest BCUT2D eigenvalue weighted by Crippen LogP contribution is -2.34. The molecule has 2 aromatic rings. The molecule has 2 aromatic heterocycles. The number of anilines is 1. The van der Waals surface area contributed by atoms with E-state index in [1.165, 1.54) is 0 Å². The van der Waals surface area contributed by atoms with Crippen molar-refractivity contribution in [1.82, 2.24) is 19.9 Å². The second-order valence-corrected chi connectivity index (χ2v) is 8.65. The summed E-state index contributed by atoms with van der Waals surface area (Å²) >= 11 is 0. The summed E-state index contributed by atoms with van der Waals surface area (Å²) in [5, 5.41) is 7.03. The lowest BCUT2D eigenvalue weighted by atomic mass is 10.1. The van der Waals surface area contributed by atoms with E-state index in [1.807, 2.05) is 27.8 Å². The zero-order valence-electron chi connectivity index (χ0n) is 17.7. The molecule has 29 heavy (non-hydrogen) atoms. The van der Waals surface area contributed by atoms with E-state index in [0.29, 0.717) is 31.3 Å². The Bertz CT molecular complexity index is 871. The van der Waals surface area contributed by atoms with Gasteiger partial charge in [0.15, 0.2) is 0 Å². The highest BCUT2D eigenvalue weighted by molar-refractivity contribution is 5.91. The number of rotatable bonds is 7. The first-order chi connectivity index (χ1) is 13.8. The van der Waals surface area contributed by atoms with Crippen molar-refractivity contribution in [3.05, 3.63) is 18.1 Å². The smallest absolute Gasteiger partial charge is 0.407 e. The largest absolute Gasteiger partial charge is 0.444 e. The Morgan fingerprint density at radius 2 is 2.14 bits per heavy atom. The number of aryl methyl sites for hydroxylation is 1. The van der Waals surface area contributed by atoms with Gasteiger partial charge in [0, 0.05) is 32.3 Å². The van der Waals surface area contributed by atoms with Crippen LogP contribution in [0.25, 0.3) is 11.0 Å². The molecule has 0 saturated heterocycles. The van der Waals surface area contributed by atoms with Crippen molar-refractivity contribution in [2.75, 3.05) is 18.9 Å². The number of ether oxygens (including phenoxy) is 1. The zero-order valence-corrected chi connectivity index (χ0v) is 17.7. The molecule has 0 bridgehead atoms. The Balaban J connectivity index is 1.73. The third-order valence-electron chi connectivity index (χ3n) is 5.30. The van der Waals surface area contributed by atoms with E-state index in [2.05, 4.69) is 31.4 Å². The van der Waals surface area contributed by atoms with Crippen LogP contribution >= 0.6 is 0 Å². The van der Waals surface area contributed by atoms with Crippen LogP contribution in [0, 0.1) is 5.92 Å². The predicted molar refractivity (Wildman–Crippen MR) is 112 cm³/mol. The maximum atomic E-state index is 11.9. The van der Waals surface area contributed by atoms with E-state index in [1.54, 1.807) is 6.33 Å². The van der Waals surface area contributed by atoms with Crippen molar-refractivity contribution in [2.45, 2.75) is 64.5 Å². The van der Waals surface area contributed by atoms with E-state index in [-0.39, 0.29) is 6.09 Å². The molecule has 8 heteroatoms. The minimum Gasteiger partial charge on any atom is -0.444 e. The Morgan fingerprint density at radius 1 is 1.34 bits per heavy atom. The van der Waals surface area contributed by atoms with Crippen LogP contribution in [0.2, 0.25) is 0 Å². The Labute approximate surface area is 171 Å². The van der Waals surface area contributed by atoms with Crippen molar-refractivity contribution in [1.29, 1.82) is 0 Å². The standard InChI is InChI=1S/C21H31N5O3/c1-21(2,3)29-20(28)23-11-14-7-8-16(10-14)26-12-15(6-5-9-27)17-18(22-4)24-13-25-19(17)26/h9,12-14,16H,5-8,10-11H2,1-4H3,(H,23,28)(H,22,24,25)/t14?,16-/m0/s1. The fourth-order valence-corrected chi connectivity index (χ4v) is 4.06. The van der Waals surface area contributed by atoms with E-state index >= 15 is 0 Å². The van der Waals surface area contributed by atoms with Crippen LogP contribution in [0.4, 0.5) is 10.6 Å². The molecular weight excluding hydrogens is 370 g/mol. The number of fused-ring (bicyclic) bond motifs is 1. The quantitative estimate of drug-likeness (QED) is 0.690. The van der Waals surface area contributed by atoms with E-state index in [9.17, 15) is 9.59 Å². The number of nitrogens with zero attached hydrogens (tertiary/aromatic N) is 3. The predicted octanol–water partition coefficient (Wildman–Crippen LogP) is 3.47. The van der Waals surface area contributed by atoms with E-state index < -0.39 is 5.60 Å². The van der Waals surface area contributed by atoms with Crippen LogP contribution in [0.15, 0.2) is 12.5 Å². The molecule has 2 N–H and O–H groups in total. The van der Waals surface area contributed by atoms with Gasteiger partial charge >= 0.3 is 6.09 Å². The van der Waals surface area contributed by atoms with Gasteiger partial charge < -0.3 is 24.7 Å². The van der Waals surface area contributed by atoms with Gasteiger partial charge in [-0.2, -0.15) is 0 Å². The van der Waals surface area contributed by atoms with E-state index in [4.69, 9.17) is 4.74 Å². The highest BCUT2D eigenvalue weighted by Gasteiger charge is 2.29. The maximum absolute atomic E-state index is 11.9. The average Bonchev–Trinajstić information content (AvgIpc) is 3.27. The number of carbonyl (C=O) groups is 2. The first-order valence-corrected chi connectivity index (χ1v) is 10.2. The van der Waals surface area contributed by atoms with Gasteiger partial charge in [0.2, 0.25) is 0 Å². The van der Waals surface area contributed by atoms with Crippen LogP contribution in [0.1, 0.15) is 58.1 Å². The number of carbonyl (C=O) groups excluding carboxylic acids is 2. The Hall–Kier alpha value is -2.64. The van der Waals surface area contributed by atoms with Crippen LogP contribution in [0.5, 0.6) is 0 Å². The molecule has 3 rings (SSSR count). The van der Waals surface area contributed by atoms with Gasteiger partial charge in [-0.05, 0) is 57.9 Å². The first-order valence-electron chi connectivity index (χ1n) is 10.2. The van der Waals surface area contributed by atoms with Crippen LogP contribution in [0.3, 0.4) is 0 Å². The number of hydrogen-bond acceptors (Lipinski definition) is 6. The SMILES string of the molecule is CNc1ncnc2c1c(CCC=O)cn2[C@H]1CCC(CNC(=O)OC(C)(C)C)C1. The van der Waals surface area contributed by atoms with Crippen molar-refractivity contribution in [3.63, 3.8) is 0 Å². The zero-order chi connectivity index (χ0) is 21.0. The molecule has 2 atom stereocenters. The molecule has 1 aliphatic rings. The molecule has 0 aliphatic heterocycles. The Kier molecular flexibility index (Phi) is 6.39. The minimum absolute atomic E-state index is 0.313. The van der Waals surface area contributed by atoms with Gasteiger partial charge in [-0.15, -0.1) is 0 Å². The third-order valence-corrected chi connectivity index (χ3v) is 5.30. The van der Waals surface area contributed by atoms with Gasteiger partial charge in [-0.1, -0.05) is 0 Å². The number of alkyl carbamates (subject to hydrolysis) is 1.